The highest BCUT2D eigenvalue weighted by molar-refractivity contribution is 6.30. The van der Waals surface area contributed by atoms with Crippen molar-refractivity contribution in [3.05, 3.63) is 34.9 Å². The van der Waals surface area contributed by atoms with Crippen LogP contribution in [0.1, 0.15) is 24.8 Å². The molecular formula is C12H16ClNO. The Hall–Kier alpha value is -0.570. The van der Waals surface area contributed by atoms with Crippen molar-refractivity contribution in [2.75, 3.05) is 6.54 Å². The fourth-order valence-corrected chi connectivity index (χ4v) is 2.67. The van der Waals surface area contributed by atoms with E-state index in [2.05, 4.69) is 6.07 Å². The van der Waals surface area contributed by atoms with E-state index in [4.69, 9.17) is 17.3 Å². The van der Waals surface area contributed by atoms with Crippen LogP contribution in [0, 0.1) is 0 Å². The number of rotatable bonds is 2. The van der Waals surface area contributed by atoms with Gasteiger partial charge < -0.3 is 10.8 Å². The number of nitrogens with two attached hydrogens (primary N) is 1. The smallest absolute Gasteiger partial charge is 0.0549 e. The molecule has 1 saturated carbocycles. The van der Waals surface area contributed by atoms with Crippen LogP contribution < -0.4 is 5.73 Å². The topological polar surface area (TPSA) is 46.2 Å². The number of aliphatic hydroxyl groups excluding tert-OH is 1. The van der Waals surface area contributed by atoms with E-state index in [1.54, 1.807) is 0 Å². The molecular weight excluding hydrogens is 210 g/mol. The summed E-state index contributed by atoms with van der Waals surface area (Å²) >= 11 is 5.98. The van der Waals surface area contributed by atoms with Gasteiger partial charge in [0.05, 0.1) is 6.10 Å². The van der Waals surface area contributed by atoms with Gasteiger partial charge in [-0.3, -0.25) is 0 Å². The molecule has 15 heavy (non-hydrogen) atoms. The van der Waals surface area contributed by atoms with Gasteiger partial charge in [0.15, 0.2) is 0 Å². The van der Waals surface area contributed by atoms with Crippen LogP contribution in [0.2, 0.25) is 5.02 Å². The van der Waals surface area contributed by atoms with E-state index in [-0.39, 0.29) is 11.5 Å². The summed E-state index contributed by atoms with van der Waals surface area (Å²) in [5, 5.41) is 10.4. The van der Waals surface area contributed by atoms with Gasteiger partial charge >= 0.3 is 0 Å². The van der Waals surface area contributed by atoms with Crippen molar-refractivity contribution in [3.63, 3.8) is 0 Å². The third-order valence-corrected chi connectivity index (χ3v) is 3.65. The van der Waals surface area contributed by atoms with E-state index in [1.165, 1.54) is 0 Å². The van der Waals surface area contributed by atoms with Gasteiger partial charge in [0, 0.05) is 17.0 Å². The highest BCUT2D eigenvalue weighted by Crippen LogP contribution is 2.40. The van der Waals surface area contributed by atoms with Crippen LogP contribution in [0.5, 0.6) is 0 Å². The molecule has 1 aliphatic carbocycles. The summed E-state index contributed by atoms with van der Waals surface area (Å²) < 4.78 is 0. The second kappa shape index (κ2) is 4.12. The van der Waals surface area contributed by atoms with Crippen molar-refractivity contribution in [1.82, 2.24) is 0 Å². The molecule has 2 nitrogen and oxygen atoms in total. The number of benzene rings is 1. The Kier molecular flexibility index (Phi) is 3.01. The lowest BCUT2D eigenvalue weighted by molar-refractivity contribution is 0.174. The van der Waals surface area contributed by atoms with Crippen molar-refractivity contribution < 1.29 is 5.11 Å². The summed E-state index contributed by atoms with van der Waals surface area (Å²) in [6.45, 7) is 0.574. The normalized spacial score (nSPS) is 30.7. The molecule has 1 aromatic carbocycles. The summed E-state index contributed by atoms with van der Waals surface area (Å²) in [6.07, 6.45) is 2.32. The lowest BCUT2D eigenvalue weighted by Gasteiger charge is -2.28. The summed E-state index contributed by atoms with van der Waals surface area (Å²) in [7, 11) is 0. The lowest BCUT2D eigenvalue weighted by Crippen LogP contribution is -2.33. The number of halogens is 1. The highest BCUT2D eigenvalue weighted by Gasteiger charge is 2.38. The van der Waals surface area contributed by atoms with Crippen LogP contribution in [0.15, 0.2) is 24.3 Å². The fraction of sp³-hybridized carbons (Fsp3) is 0.500. The third-order valence-electron chi connectivity index (χ3n) is 3.41. The quantitative estimate of drug-likeness (QED) is 0.810. The second-order valence-electron chi connectivity index (χ2n) is 4.39. The van der Waals surface area contributed by atoms with Gasteiger partial charge in [0.25, 0.3) is 0 Å². The summed E-state index contributed by atoms with van der Waals surface area (Å²) in [5.41, 5.74) is 6.95. The highest BCUT2D eigenvalue weighted by atomic mass is 35.5. The van der Waals surface area contributed by atoms with Gasteiger partial charge in [-0.2, -0.15) is 0 Å². The van der Waals surface area contributed by atoms with Crippen LogP contribution in [0.4, 0.5) is 0 Å². The Balaban J connectivity index is 2.34. The van der Waals surface area contributed by atoms with Crippen molar-refractivity contribution in [2.24, 2.45) is 5.73 Å². The average molecular weight is 226 g/mol. The molecule has 1 aliphatic rings. The van der Waals surface area contributed by atoms with E-state index in [0.717, 1.165) is 29.8 Å². The number of aliphatic hydroxyl groups is 1. The Morgan fingerprint density at radius 2 is 2.33 bits per heavy atom. The van der Waals surface area contributed by atoms with Gasteiger partial charge in [-0.15, -0.1) is 0 Å². The zero-order valence-electron chi connectivity index (χ0n) is 8.62. The first-order chi connectivity index (χ1) is 7.16. The molecule has 0 aromatic heterocycles. The standard InChI is InChI=1S/C12H16ClNO/c13-10-3-1-2-9(6-10)12(8-14)5-4-11(15)7-12/h1-3,6,11,15H,4-5,7-8,14H2. The van der Waals surface area contributed by atoms with Crippen LogP contribution in [-0.2, 0) is 5.41 Å². The van der Waals surface area contributed by atoms with Crippen molar-refractivity contribution in [2.45, 2.75) is 30.8 Å². The molecule has 0 amide bonds. The van der Waals surface area contributed by atoms with Gasteiger partial charge in [-0.25, -0.2) is 0 Å². The Morgan fingerprint density at radius 3 is 2.87 bits per heavy atom. The minimum atomic E-state index is -0.215. The first kappa shape index (κ1) is 10.9. The van der Waals surface area contributed by atoms with E-state index in [1.807, 2.05) is 18.2 Å². The zero-order valence-corrected chi connectivity index (χ0v) is 9.37. The molecule has 1 aromatic rings. The molecule has 3 N–H and O–H groups in total. The minimum Gasteiger partial charge on any atom is -0.393 e. The molecule has 2 unspecified atom stereocenters. The summed E-state index contributed by atoms with van der Waals surface area (Å²) in [4.78, 5) is 0. The third kappa shape index (κ3) is 2.03. The van der Waals surface area contributed by atoms with E-state index < -0.39 is 0 Å². The van der Waals surface area contributed by atoms with Gasteiger partial charge in [0.1, 0.15) is 0 Å². The Morgan fingerprint density at radius 1 is 1.53 bits per heavy atom. The SMILES string of the molecule is NCC1(c2cccc(Cl)c2)CCC(O)C1. The van der Waals surface area contributed by atoms with Gasteiger partial charge in [-0.05, 0) is 37.0 Å². The maximum atomic E-state index is 9.64. The van der Waals surface area contributed by atoms with Crippen LogP contribution in [0.3, 0.4) is 0 Å². The number of hydrogen-bond acceptors (Lipinski definition) is 2. The predicted octanol–water partition coefficient (Wildman–Crippen LogP) is 2.08. The Bertz CT molecular complexity index is 355. The molecule has 0 heterocycles. The molecule has 1 fully saturated rings. The molecule has 2 atom stereocenters. The monoisotopic (exact) mass is 225 g/mol. The van der Waals surface area contributed by atoms with E-state index >= 15 is 0 Å². The van der Waals surface area contributed by atoms with Crippen LogP contribution >= 0.6 is 11.6 Å². The molecule has 0 radical (unpaired) electrons. The Labute approximate surface area is 95.1 Å². The summed E-state index contributed by atoms with van der Waals surface area (Å²) in [6, 6.07) is 7.82. The van der Waals surface area contributed by atoms with Gasteiger partial charge in [-0.1, -0.05) is 23.7 Å². The fourth-order valence-electron chi connectivity index (χ4n) is 2.48. The molecule has 0 spiro atoms. The predicted molar refractivity (Wildman–Crippen MR) is 62.0 cm³/mol. The van der Waals surface area contributed by atoms with Gasteiger partial charge in [0.2, 0.25) is 0 Å². The molecule has 82 valence electrons. The van der Waals surface area contributed by atoms with Crippen molar-refractivity contribution in [3.8, 4) is 0 Å². The van der Waals surface area contributed by atoms with Crippen molar-refractivity contribution >= 4 is 11.6 Å². The second-order valence-corrected chi connectivity index (χ2v) is 4.83. The van der Waals surface area contributed by atoms with Crippen molar-refractivity contribution in [1.29, 1.82) is 0 Å². The lowest BCUT2D eigenvalue weighted by atomic mass is 9.79. The maximum absolute atomic E-state index is 9.64. The molecule has 0 saturated heterocycles. The van der Waals surface area contributed by atoms with Crippen LogP contribution in [0.25, 0.3) is 0 Å². The molecule has 2 rings (SSSR count). The zero-order chi connectivity index (χ0) is 10.9. The van der Waals surface area contributed by atoms with Crippen LogP contribution in [-0.4, -0.2) is 17.8 Å². The molecule has 0 aliphatic heterocycles. The largest absolute Gasteiger partial charge is 0.393 e. The first-order valence-corrected chi connectivity index (χ1v) is 5.68. The minimum absolute atomic E-state index is 0.0652. The van der Waals surface area contributed by atoms with E-state index in [9.17, 15) is 5.11 Å². The molecule has 0 bridgehead atoms. The number of hydrogen-bond donors (Lipinski definition) is 2. The molecule has 3 heteroatoms. The summed E-state index contributed by atoms with van der Waals surface area (Å²) in [5.74, 6) is 0. The maximum Gasteiger partial charge on any atom is 0.0549 e. The average Bonchev–Trinajstić information content (AvgIpc) is 2.61. The van der Waals surface area contributed by atoms with E-state index in [0.29, 0.717) is 6.54 Å². The first-order valence-electron chi connectivity index (χ1n) is 5.30.